The van der Waals surface area contributed by atoms with E-state index in [9.17, 15) is 9.59 Å². The maximum absolute atomic E-state index is 11.4. The predicted molar refractivity (Wildman–Crippen MR) is 129 cm³/mol. The van der Waals surface area contributed by atoms with Crippen LogP contribution in [0.2, 0.25) is 0 Å². The van der Waals surface area contributed by atoms with Gasteiger partial charge in [-0.25, -0.2) is 0 Å². The number of unbranched alkanes of at least 4 members (excludes halogenated alkanes) is 8. The summed E-state index contributed by atoms with van der Waals surface area (Å²) in [5.74, 6) is -0.885. The molecule has 0 aliphatic rings. The monoisotopic (exact) mass is 448 g/mol. The van der Waals surface area contributed by atoms with Crippen molar-refractivity contribution in [2.24, 2.45) is 0 Å². The van der Waals surface area contributed by atoms with Crippen molar-refractivity contribution >= 4 is 11.9 Å². The number of hydrogen-bond acceptors (Lipinski definition) is 4. The van der Waals surface area contributed by atoms with Crippen LogP contribution in [0.25, 0.3) is 0 Å². The number of carbonyl (C=O) groups is 2. The van der Waals surface area contributed by atoms with Gasteiger partial charge in [-0.2, -0.15) is 0 Å². The first kappa shape index (κ1) is 28.2. The fourth-order valence-corrected chi connectivity index (χ4v) is 3.91. The third-order valence-corrected chi connectivity index (χ3v) is 5.76. The van der Waals surface area contributed by atoms with E-state index in [-0.39, 0.29) is 24.6 Å². The van der Waals surface area contributed by atoms with Crippen molar-refractivity contribution < 1.29 is 24.2 Å². The van der Waals surface area contributed by atoms with Gasteiger partial charge < -0.3 is 14.6 Å². The van der Waals surface area contributed by atoms with Gasteiger partial charge in [0.25, 0.3) is 0 Å². The fourth-order valence-electron chi connectivity index (χ4n) is 3.91. The molecule has 0 spiro atoms. The molecular formula is C27H44O5. The zero-order valence-electron chi connectivity index (χ0n) is 20.2. The van der Waals surface area contributed by atoms with E-state index in [0.717, 1.165) is 77.0 Å². The second-order valence-electron chi connectivity index (χ2n) is 8.88. The van der Waals surface area contributed by atoms with Gasteiger partial charge in [0.2, 0.25) is 0 Å². The number of ether oxygens (including phenoxy) is 2. The molecule has 1 N–H and O–H groups in total. The van der Waals surface area contributed by atoms with Gasteiger partial charge in [-0.15, -0.1) is 0 Å². The number of aliphatic carboxylic acids is 1. The van der Waals surface area contributed by atoms with Crippen LogP contribution in [-0.4, -0.2) is 29.3 Å². The molecule has 0 fully saturated rings. The normalized spacial score (nSPS) is 12.9. The predicted octanol–water partition coefficient (Wildman–Crippen LogP) is 7.07. The van der Waals surface area contributed by atoms with E-state index >= 15 is 0 Å². The second-order valence-corrected chi connectivity index (χ2v) is 8.88. The van der Waals surface area contributed by atoms with Crippen LogP contribution in [0.3, 0.4) is 0 Å². The molecule has 182 valence electrons. The minimum absolute atomic E-state index is 0.0369. The number of carboxylic acid groups (broad SMARTS) is 1. The molecule has 0 aliphatic carbocycles. The van der Waals surface area contributed by atoms with Crippen molar-refractivity contribution in [3.8, 4) is 0 Å². The highest BCUT2D eigenvalue weighted by Gasteiger charge is 2.12. The van der Waals surface area contributed by atoms with Gasteiger partial charge in [-0.05, 0) is 51.0 Å². The van der Waals surface area contributed by atoms with Crippen molar-refractivity contribution in [1.29, 1.82) is 0 Å². The van der Waals surface area contributed by atoms with Gasteiger partial charge in [0.1, 0.15) is 6.10 Å². The topological polar surface area (TPSA) is 72.8 Å². The highest BCUT2D eigenvalue weighted by Crippen LogP contribution is 2.17. The maximum atomic E-state index is 11.4. The molecule has 0 heterocycles. The van der Waals surface area contributed by atoms with Crippen LogP contribution >= 0.6 is 0 Å². The molecule has 2 unspecified atom stereocenters. The molecule has 5 nitrogen and oxygen atoms in total. The molecular weight excluding hydrogens is 404 g/mol. The van der Waals surface area contributed by atoms with Crippen molar-refractivity contribution in [2.45, 2.75) is 123 Å². The summed E-state index contributed by atoms with van der Waals surface area (Å²) in [5.41, 5.74) is 1.21. The smallest absolute Gasteiger partial charge is 0.303 e. The third-order valence-electron chi connectivity index (χ3n) is 5.76. The fraction of sp³-hybridized carbons (Fsp3) is 0.704. The number of benzene rings is 1. The lowest BCUT2D eigenvalue weighted by molar-refractivity contribution is -0.147. The molecule has 0 aliphatic heterocycles. The molecule has 2 atom stereocenters. The lowest BCUT2D eigenvalue weighted by atomic mass is 10.0. The van der Waals surface area contributed by atoms with Gasteiger partial charge in [0, 0.05) is 13.3 Å². The zero-order valence-corrected chi connectivity index (χ0v) is 20.2. The molecule has 0 bridgehead atoms. The summed E-state index contributed by atoms with van der Waals surface area (Å²) in [5, 5.41) is 8.64. The number of carbonyl (C=O) groups excluding carboxylic acids is 1. The van der Waals surface area contributed by atoms with Crippen LogP contribution < -0.4 is 0 Å². The van der Waals surface area contributed by atoms with Crippen LogP contribution in [0.15, 0.2) is 30.3 Å². The molecule has 5 heteroatoms. The van der Waals surface area contributed by atoms with E-state index in [1.165, 1.54) is 18.9 Å². The number of esters is 1. The summed E-state index contributed by atoms with van der Waals surface area (Å²) in [4.78, 5) is 21.9. The second kappa shape index (κ2) is 18.7. The summed E-state index contributed by atoms with van der Waals surface area (Å²) < 4.78 is 11.5. The molecule has 0 saturated carbocycles. The summed E-state index contributed by atoms with van der Waals surface area (Å²) in [6.45, 7) is 4.30. The van der Waals surface area contributed by atoms with Crippen molar-refractivity contribution in [3.05, 3.63) is 35.9 Å². The van der Waals surface area contributed by atoms with Crippen LogP contribution in [0.4, 0.5) is 0 Å². The molecule has 0 amide bonds. The summed E-state index contributed by atoms with van der Waals surface area (Å²) >= 11 is 0. The Morgan fingerprint density at radius 1 is 0.812 bits per heavy atom. The SMILES string of the molecule is CC(=O)OC(CCCCCCCCCC(=O)O)CCCCCC(C)OCc1ccccc1. The molecule has 32 heavy (non-hydrogen) atoms. The van der Waals surface area contributed by atoms with E-state index in [0.29, 0.717) is 6.61 Å². The van der Waals surface area contributed by atoms with Crippen LogP contribution in [0.5, 0.6) is 0 Å². The quantitative estimate of drug-likeness (QED) is 0.171. The van der Waals surface area contributed by atoms with Crippen LogP contribution in [0, 0.1) is 0 Å². The third kappa shape index (κ3) is 16.8. The molecule has 0 radical (unpaired) electrons. The largest absolute Gasteiger partial charge is 0.481 e. The first-order chi connectivity index (χ1) is 15.5. The minimum atomic E-state index is -0.701. The highest BCUT2D eigenvalue weighted by atomic mass is 16.5. The maximum Gasteiger partial charge on any atom is 0.303 e. The van der Waals surface area contributed by atoms with Crippen LogP contribution in [-0.2, 0) is 25.7 Å². The van der Waals surface area contributed by atoms with Gasteiger partial charge in [-0.1, -0.05) is 75.3 Å². The van der Waals surface area contributed by atoms with Crippen molar-refractivity contribution in [3.63, 3.8) is 0 Å². The summed E-state index contributed by atoms with van der Waals surface area (Å²) in [6.07, 6.45) is 14.3. The van der Waals surface area contributed by atoms with E-state index < -0.39 is 5.97 Å². The molecule has 1 aromatic carbocycles. The Hall–Kier alpha value is -1.88. The number of carboxylic acids is 1. The Bertz CT molecular complexity index is 601. The molecule has 0 saturated heterocycles. The lowest BCUT2D eigenvalue weighted by Crippen LogP contribution is -2.16. The van der Waals surface area contributed by atoms with Gasteiger partial charge in [0.05, 0.1) is 12.7 Å². The standard InChI is InChI=1S/C27H44O5/c1-23(31-22-25-17-11-9-12-18-25)16-10-8-14-20-26(32-24(2)28)19-13-6-4-3-5-7-15-21-27(29)30/h9,11-12,17-18,23,26H,3-8,10,13-16,19-22H2,1-2H3,(H,29,30). The number of hydrogen-bond donors (Lipinski definition) is 1. The summed E-state index contributed by atoms with van der Waals surface area (Å²) in [7, 11) is 0. The highest BCUT2D eigenvalue weighted by molar-refractivity contribution is 5.66. The Labute approximate surface area is 194 Å². The van der Waals surface area contributed by atoms with E-state index in [1.54, 1.807) is 0 Å². The Morgan fingerprint density at radius 2 is 1.34 bits per heavy atom. The van der Waals surface area contributed by atoms with Gasteiger partial charge >= 0.3 is 11.9 Å². The first-order valence-corrected chi connectivity index (χ1v) is 12.5. The summed E-state index contributed by atoms with van der Waals surface area (Å²) in [6, 6.07) is 10.3. The van der Waals surface area contributed by atoms with E-state index in [2.05, 4.69) is 19.1 Å². The lowest BCUT2D eigenvalue weighted by Gasteiger charge is -2.17. The number of rotatable bonds is 20. The van der Waals surface area contributed by atoms with E-state index in [4.69, 9.17) is 14.6 Å². The van der Waals surface area contributed by atoms with Gasteiger partial charge in [0.15, 0.2) is 0 Å². The van der Waals surface area contributed by atoms with Crippen molar-refractivity contribution in [1.82, 2.24) is 0 Å². The average molecular weight is 449 g/mol. The van der Waals surface area contributed by atoms with Crippen molar-refractivity contribution in [2.75, 3.05) is 0 Å². The first-order valence-electron chi connectivity index (χ1n) is 12.5. The molecule has 0 aromatic heterocycles. The average Bonchev–Trinajstić information content (AvgIpc) is 2.76. The van der Waals surface area contributed by atoms with Gasteiger partial charge in [-0.3, -0.25) is 9.59 Å². The Kier molecular flexibility index (Phi) is 16.4. The molecule has 1 aromatic rings. The Morgan fingerprint density at radius 3 is 1.94 bits per heavy atom. The molecule has 1 rings (SSSR count). The minimum Gasteiger partial charge on any atom is -0.481 e. The zero-order chi connectivity index (χ0) is 23.4. The Balaban J connectivity index is 2.05. The van der Waals surface area contributed by atoms with E-state index in [1.807, 2.05) is 18.2 Å². The van der Waals surface area contributed by atoms with Crippen LogP contribution in [0.1, 0.15) is 109 Å².